The van der Waals surface area contributed by atoms with E-state index in [1.807, 2.05) is 6.07 Å². The van der Waals surface area contributed by atoms with Crippen LogP contribution in [0.3, 0.4) is 0 Å². The number of halogens is 3. The topological polar surface area (TPSA) is 52.2 Å². The fourth-order valence-corrected chi connectivity index (χ4v) is 3.42. The maximum absolute atomic E-state index is 12.8. The van der Waals surface area contributed by atoms with Crippen LogP contribution in [0.15, 0.2) is 30.3 Å². The standard InChI is InChI=1S/C19H21F3N4O/c20-19(21,22)15-3-1-2-13(10-15)12-25-6-8-26(9-7-25)18(27)17-11-16(23-24-17)14-4-5-14/h1-3,10-11,14H,4-9,12H2,(H,23,24). The molecule has 1 N–H and O–H groups in total. The summed E-state index contributed by atoms with van der Waals surface area (Å²) in [6.45, 7) is 2.79. The van der Waals surface area contributed by atoms with Crippen molar-refractivity contribution in [2.45, 2.75) is 31.5 Å². The van der Waals surface area contributed by atoms with E-state index in [9.17, 15) is 18.0 Å². The van der Waals surface area contributed by atoms with Crippen LogP contribution in [0.2, 0.25) is 0 Å². The van der Waals surface area contributed by atoms with Gasteiger partial charge in [-0.3, -0.25) is 14.8 Å². The number of aromatic amines is 1. The number of amides is 1. The number of hydrogen-bond acceptors (Lipinski definition) is 3. The van der Waals surface area contributed by atoms with Gasteiger partial charge >= 0.3 is 6.18 Å². The Labute approximate surface area is 155 Å². The van der Waals surface area contributed by atoms with Crippen LogP contribution in [0, 0.1) is 0 Å². The van der Waals surface area contributed by atoms with E-state index in [1.165, 1.54) is 12.1 Å². The molecule has 1 aromatic heterocycles. The first-order valence-electron chi connectivity index (χ1n) is 9.13. The van der Waals surface area contributed by atoms with Gasteiger partial charge in [0.2, 0.25) is 0 Å². The van der Waals surface area contributed by atoms with Gasteiger partial charge in [-0.2, -0.15) is 18.3 Å². The summed E-state index contributed by atoms with van der Waals surface area (Å²) < 4.78 is 38.5. The van der Waals surface area contributed by atoms with Crippen LogP contribution in [0.5, 0.6) is 0 Å². The van der Waals surface area contributed by atoms with Gasteiger partial charge in [-0.1, -0.05) is 18.2 Å². The van der Waals surface area contributed by atoms with Gasteiger partial charge in [0, 0.05) is 44.3 Å². The van der Waals surface area contributed by atoms with Gasteiger partial charge in [0.15, 0.2) is 0 Å². The lowest BCUT2D eigenvalue weighted by molar-refractivity contribution is -0.137. The predicted octanol–water partition coefficient (Wildman–Crippen LogP) is 3.26. The molecule has 2 aromatic rings. The third kappa shape index (κ3) is 4.16. The van der Waals surface area contributed by atoms with Crippen molar-refractivity contribution in [3.8, 4) is 0 Å². The van der Waals surface area contributed by atoms with Crippen LogP contribution in [-0.2, 0) is 12.7 Å². The maximum atomic E-state index is 12.8. The van der Waals surface area contributed by atoms with Gasteiger partial charge in [0.05, 0.1) is 5.56 Å². The monoisotopic (exact) mass is 378 g/mol. The minimum absolute atomic E-state index is 0.0862. The van der Waals surface area contributed by atoms with Crippen LogP contribution in [-0.4, -0.2) is 52.1 Å². The van der Waals surface area contributed by atoms with Crippen molar-refractivity contribution in [3.63, 3.8) is 0 Å². The quantitative estimate of drug-likeness (QED) is 0.889. The molecule has 144 valence electrons. The van der Waals surface area contributed by atoms with E-state index >= 15 is 0 Å². The fourth-order valence-electron chi connectivity index (χ4n) is 3.42. The van der Waals surface area contributed by atoms with Crippen molar-refractivity contribution in [3.05, 3.63) is 52.8 Å². The molecule has 2 aliphatic rings. The minimum atomic E-state index is -4.33. The number of aromatic nitrogens is 2. The summed E-state index contributed by atoms with van der Waals surface area (Å²) in [5, 5.41) is 7.08. The summed E-state index contributed by atoms with van der Waals surface area (Å²) in [7, 11) is 0. The zero-order valence-corrected chi connectivity index (χ0v) is 14.8. The molecule has 0 atom stereocenters. The Morgan fingerprint density at radius 1 is 1.15 bits per heavy atom. The van der Waals surface area contributed by atoms with Crippen molar-refractivity contribution >= 4 is 5.91 Å². The summed E-state index contributed by atoms with van der Waals surface area (Å²) in [5.74, 6) is 0.431. The van der Waals surface area contributed by atoms with Gasteiger partial charge in [0.25, 0.3) is 5.91 Å². The number of carbonyl (C=O) groups excluding carboxylic acids is 1. The number of hydrogen-bond donors (Lipinski definition) is 1. The summed E-state index contributed by atoms with van der Waals surface area (Å²) in [5.41, 5.74) is 1.48. The van der Waals surface area contributed by atoms with Crippen molar-refractivity contribution in [1.82, 2.24) is 20.0 Å². The summed E-state index contributed by atoms with van der Waals surface area (Å²) >= 11 is 0. The smallest absolute Gasteiger partial charge is 0.335 e. The van der Waals surface area contributed by atoms with E-state index in [0.29, 0.717) is 49.9 Å². The molecule has 0 radical (unpaired) electrons. The Bertz CT molecular complexity index is 820. The Morgan fingerprint density at radius 2 is 1.89 bits per heavy atom. The van der Waals surface area contributed by atoms with Gasteiger partial charge in [-0.15, -0.1) is 0 Å². The van der Waals surface area contributed by atoms with Gasteiger partial charge in [0.1, 0.15) is 5.69 Å². The van der Waals surface area contributed by atoms with Crippen LogP contribution in [0.25, 0.3) is 0 Å². The zero-order chi connectivity index (χ0) is 19.0. The molecule has 1 amide bonds. The Hall–Kier alpha value is -2.35. The van der Waals surface area contributed by atoms with Gasteiger partial charge in [-0.05, 0) is 30.5 Å². The summed E-state index contributed by atoms with van der Waals surface area (Å²) in [6, 6.07) is 7.26. The highest BCUT2D eigenvalue weighted by atomic mass is 19.4. The van der Waals surface area contributed by atoms with Crippen molar-refractivity contribution in [1.29, 1.82) is 0 Å². The fraction of sp³-hybridized carbons (Fsp3) is 0.474. The molecule has 1 aliphatic carbocycles. The van der Waals surface area contributed by atoms with Crippen molar-refractivity contribution in [2.75, 3.05) is 26.2 Å². The second-order valence-corrected chi connectivity index (χ2v) is 7.25. The largest absolute Gasteiger partial charge is 0.416 e. The van der Waals surface area contributed by atoms with Crippen LogP contribution in [0.4, 0.5) is 13.2 Å². The molecule has 1 saturated carbocycles. The molecule has 0 unspecified atom stereocenters. The van der Waals surface area contributed by atoms with E-state index < -0.39 is 11.7 Å². The normalized spacial score (nSPS) is 18.7. The molecular formula is C19H21F3N4O. The first-order valence-corrected chi connectivity index (χ1v) is 9.13. The minimum Gasteiger partial charge on any atom is -0.335 e. The lowest BCUT2D eigenvalue weighted by atomic mass is 10.1. The number of piperazine rings is 1. The molecular weight excluding hydrogens is 357 g/mol. The van der Waals surface area contributed by atoms with E-state index in [1.54, 1.807) is 11.0 Å². The maximum Gasteiger partial charge on any atom is 0.416 e. The zero-order valence-electron chi connectivity index (χ0n) is 14.8. The van der Waals surface area contributed by atoms with E-state index in [4.69, 9.17) is 0 Å². The summed E-state index contributed by atoms with van der Waals surface area (Å²) in [4.78, 5) is 16.4. The van der Waals surface area contributed by atoms with E-state index in [2.05, 4.69) is 15.1 Å². The van der Waals surface area contributed by atoms with Crippen molar-refractivity contribution < 1.29 is 18.0 Å². The molecule has 4 rings (SSSR count). The van der Waals surface area contributed by atoms with E-state index in [0.717, 1.165) is 24.6 Å². The number of nitrogens with zero attached hydrogens (tertiary/aromatic N) is 3. The summed E-state index contributed by atoms with van der Waals surface area (Å²) in [6.07, 6.45) is -2.04. The molecule has 0 spiro atoms. The van der Waals surface area contributed by atoms with Crippen LogP contribution < -0.4 is 0 Å². The first kappa shape index (κ1) is 18.0. The lowest BCUT2D eigenvalue weighted by Crippen LogP contribution is -2.48. The third-order valence-corrected chi connectivity index (χ3v) is 5.15. The molecule has 0 bridgehead atoms. The lowest BCUT2D eigenvalue weighted by Gasteiger charge is -2.34. The molecule has 2 heterocycles. The number of rotatable bonds is 4. The van der Waals surface area contributed by atoms with Crippen LogP contribution >= 0.6 is 0 Å². The Kier molecular flexibility index (Phi) is 4.67. The van der Waals surface area contributed by atoms with Gasteiger partial charge in [-0.25, -0.2) is 0 Å². The molecule has 8 heteroatoms. The highest BCUT2D eigenvalue weighted by molar-refractivity contribution is 5.92. The number of benzene rings is 1. The predicted molar refractivity (Wildman–Crippen MR) is 93.2 cm³/mol. The number of nitrogens with one attached hydrogen (secondary N) is 1. The number of H-pyrrole nitrogens is 1. The highest BCUT2D eigenvalue weighted by Crippen LogP contribution is 2.39. The Balaban J connectivity index is 1.32. The third-order valence-electron chi connectivity index (χ3n) is 5.15. The SMILES string of the molecule is O=C(c1cc(C2CC2)[nH]n1)N1CCN(Cc2cccc(C(F)(F)F)c2)CC1. The molecule has 1 saturated heterocycles. The van der Waals surface area contributed by atoms with Crippen LogP contribution in [0.1, 0.15) is 46.1 Å². The first-order chi connectivity index (χ1) is 12.9. The molecule has 27 heavy (non-hydrogen) atoms. The second-order valence-electron chi connectivity index (χ2n) is 7.25. The highest BCUT2D eigenvalue weighted by Gasteiger charge is 2.31. The average Bonchev–Trinajstić information content (AvgIpc) is 3.38. The van der Waals surface area contributed by atoms with Crippen molar-refractivity contribution in [2.24, 2.45) is 0 Å². The molecule has 1 aliphatic heterocycles. The number of carbonyl (C=O) groups is 1. The average molecular weight is 378 g/mol. The number of alkyl halides is 3. The Morgan fingerprint density at radius 3 is 2.56 bits per heavy atom. The molecule has 5 nitrogen and oxygen atoms in total. The van der Waals surface area contributed by atoms with Gasteiger partial charge < -0.3 is 4.90 Å². The molecule has 1 aromatic carbocycles. The second kappa shape index (κ2) is 6.99. The van der Waals surface area contributed by atoms with E-state index in [-0.39, 0.29) is 5.91 Å². The molecule has 2 fully saturated rings.